The van der Waals surface area contributed by atoms with E-state index in [1.165, 1.54) is 6.20 Å². The van der Waals surface area contributed by atoms with E-state index in [4.69, 9.17) is 10.5 Å². The largest absolute Gasteiger partial charge is 0.339 e. The van der Waals surface area contributed by atoms with Crippen LogP contribution in [0.5, 0.6) is 0 Å². The van der Waals surface area contributed by atoms with Crippen LogP contribution in [0.25, 0.3) is 5.52 Å². The highest BCUT2D eigenvalue weighted by molar-refractivity contribution is 5.64. The van der Waals surface area contributed by atoms with Crippen LogP contribution >= 0.6 is 0 Å². The molecule has 0 radical (unpaired) electrons. The molecule has 2 heterocycles. The Balaban J connectivity index is 2.65. The molecule has 0 aromatic carbocycles. The minimum atomic E-state index is -0.744. The van der Waals surface area contributed by atoms with Crippen LogP contribution in [-0.4, -0.2) is 16.0 Å². The predicted molar refractivity (Wildman–Crippen MR) is 62.2 cm³/mol. The summed E-state index contributed by atoms with van der Waals surface area (Å²) in [5.74, 6) is 0. The molecule has 0 fully saturated rings. The van der Waals surface area contributed by atoms with Gasteiger partial charge in [-0.3, -0.25) is 4.79 Å². The summed E-state index contributed by atoms with van der Waals surface area (Å²) in [5.41, 5.74) is 2.67. The van der Waals surface area contributed by atoms with Crippen LogP contribution in [0.1, 0.15) is 22.7 Å². The molecule has 0 aliphatic rings. The Morgan fingerprint density at radius 2 is 2.33 bits per heavy atom. The number of aromatic nitrogens is 2. The Morgan fingerprint density at radius 3 is 2.94 bits per heavy atom. The maximum Gasteiger partial charge on any atom is 0.208 e. The first-order valence-electron chi connectivity index (χ1n) is 5.18. The number of amides is 1. The highest BCUT2D eigenvalue weighted by atomic mass is 16.1. The highest BCUT2D eigenvalue weighted by Gasteiger charge is 2.17. The lowest BCUT2D eigenvalue weighted by Crippen LogP contribution is -2.17. The summed E-state index contributed by atoms with van der Waals surface area (Å²) in [7, 11) is 0. The fourth-order valence-electron chi connectivity index (χ4n) is 1.89. The van der Waals surface area contributed by atoms with E-state index in [-0.39, 0.29) is 0 Å². The molecule has 6 heteroatoms. The summed E-state index contributed by atoms with van der Waals surface area (Å²) >= 11 is 0. The lowest BCUT2D eigenvalue weighted by molar-refractivity contribution is -0.109. The van der Waals surface area contributed by atoms with E-state index in [0.29, 0.717) is 17.5 Å². The molecule has 0 bridgehead atoms. The standard InChI is InChI=1S/C12H9N5O/c1-8-2-9(3-13)6-17-12(8)10(5-16-17)11(4-14)15-7-18/h2,5-7,11H,1H3,(H,15,18). The van der Waals surface area contributed by atoms with Crippen LogP contribution < -0.4 is 5.32 Å². The second-order valence-corrected chi connectivity index (χ2v) is 3.76. The number of rotatable bonds is 3. The Hall–Kier alpha value is -2.86. The fourth-order valence-corrected chi connectivity index (χ4v) is 1.89. The molecule has 1 unspecified atom stereocenters. The molecule has 88 valence electrons. The van der Waals surface area contributed by atoms with E-state index in [1.54, 1.807) is 16.8 Å². The molecule has 2 aromatic rings. The van der Waals surface area contributed by atoms with Crippen molar-refractivity contribution in [2.24, 2.45) is 0 Å². The minimum Gasteiger partial charge on any atom is -0.339 e. The molecule has 0 saturated heterocycles. The first-order valence-corrected chi connectivity index (χ1v) is 5.18. The molecule has 1 atom stereocenters. The van der Waals surface area contributed by atoms with E-state index in [2.05, 4.69) is 10.4 Å². The maximum atomic E-state index is 10.5. The summed E-state index contributed by atoms with van der Waals surface area (Å²) in [4.78, 5) is 10.5. The van der Waals surface area contributed by atoms with Gasteiger partial charge in [0.25, 0.3) is 0 Å². The summed E-state index contributed by atoms with van der Waals surface area (Å²) in [5, 5.41) is 24.4. The smallest absolute Gasteiger partial charge is 0.208 e. The van der Waals surface area contributed by atoms with E-state index in [0.717, 1.165) is 11.1 Å². The van der Waals surface area contributed by atoms with Crippen molar-refractivity contribution in [3.05, 3.63) is 35.2 Å². The first kappa shape index (κ1) is 11.6. The van der Waals surface area contributed by atoms with Crippen LogP contribution in [0.3, 0.4) is 0 Å². The van der Waals surface area contributed by atoms with Crippen molar-refractivity contribution in [3.8, 4) is 12.1 Å². The third-order valence-corrected chi connectivity index (χ3v) is 2.63. The summed E-state index contributed by atoms with van der Waals surface area (Å²) in [6, 6.07) is 5.01. The van der Waals surface area contributed by atoms with Crippen molar-refractivity contribution in [2.75, 3.05) is 0 Å². The van der Waals surface area contributed by atoms with Crippen molar-refractivity contribution in [2.45, 2.75) is 13.0 Å². The lowest BCUT2D eigenvalue weighted by atomic mass is 10.1. The molecular formula is C12H9N5O. The van der Waals surface area contributed by atoms with Crippen molar-refractivity contribution >= 4 is 11.9 Å². The third kappa shape index (κ3) is 1.76. The average Bonchev–Trinajstić information content (AvgIpc) is 2.80. The van der Waals surface area contributed by atoms with E-state index < -0.39 is 6.04 Å². The molecular weight excluding hydrogens is 230 g/mol. The third-order valence-electron chi connectivity index (χ3n) is 2.63. The van der Waals surface area contributed by atoms with Crippen molar-refractivity contribution < 1.29 is 4.79 Å². The minimum absolute atomic E-state index is 0.483. The first-order chi connectivity index (χ1) is 8.71. The maximum absolute atomic E-state index is 10.5. The summed E-state index contributed by atoms with van der Waals surface area (Å²) in [6.07, 6.45) is 3.59. The predicted octanol–water partition coefficient (Wildman–Crippen LogP) is 0.825. The molecule has 0 saturated carbocycles. The van der Waals surface area contributed by atoms with E-state index >= 15 is 0 Å². The topological polar surface area (TPSA) is 94.0 Å². The van der Waals surface area contributed by atoms with Gasteiger partial charge in [-0.25, -0.2) is 4.52 Å². The fraction of sp³-hybridized carbons (Fsp3) is 0.167. The number of nitrogens with zero attached hydrogens (tertiary/aromatic N) is 4. The number of hydrogen-bond donors (Lipinski definition) is 1. The summed E-state index contributed by atoms with van der Waals surface area (Å²) < 4.78 is 1.54. The highest BCUT2D eigenvalue weighted by Crippen LogP contribution is 2.22. The number of hydrogen-bond acceptors (Lipinski definition) is 4. The Morgan fingerprint density at radius 1 is 1.56 bits per heavy atom. The van der Waals surface area contributed by atoms with E-state index in [9.17, 15) is 4.79 Å². The second kappa shape index (κ2) is 4.56. The van der Waals surface area contributed by atoms with Gasteiger partial charge in [0.1, 0.15) is 12.1 Å². The molecule has 0 aliphatic carbocycles. The Labute approximate surface area is 103 Å². The van der Waals surface area contributed by atoms with Gasteiger partial charge in [0, 0.05) is 11.8 Å². The Bertz CT molecular complexity index is 689. The quantitative estimate of drug-likeness (QED) is 0.802. The number of nitriles is 2. The Kier molecular flexibility index (Phi) is 2.94. The van der Waals surface area contributed by atoms with Crippen molar-refractivity contribution in [1.29, 1.82) is 10.5 Å². The van der Waals surface area contributed by atoms with Gasteiger partial charge in [-0.1, -0.05) is 0 Å². The van der Waals surface area contributed by atoms with Crippen LogP contribution in [0.4, 0.5) is 0 Å². The van der Waals surface area contributed by atoms with Gasteiger partial charge < -0.3 is 5.32 Å². The number of nitrogens with one attached hydrogen (secondary N) is 1. The number of carbonyl (C=O) groups excluding carboxylic acids is 1. The molecule has 0 spiro atoms. The number of aryl methyl sites for hydroxylation is 1. The second-order valence-electron chi connectivity index (χ2n) is 3.76. The number of pyridine rings is 1. The van der Waals surface area contributed by atoms with Crippen LogP contribution in [0.15, 0.2) is 18.5 Å². The van der Waals surface area contributed by atoms with Crippen LogP contribution in [0.2, 0.25) is 0 Å². The molecule has 1 amide bonds. The van der Waals surface area contributed by atoms with Crippen LogP contribution in [-0.2, 0) is 4.79 Å². The van der Waals surface area contributed by atoms with Crippen LogP contribution in [0, 0.1) is 29.6 Å². The average molecular weight is 239 g/mol. The molecule has 2 rings (SSSR count). The molecule has 6 nitrogen and oxygen atoms in total. The van der Waals surface area contributed by atoms with Gasteiger partial charge in [-0.2, -0.15) is 15.6 Å². The zero-order valence-electron chi connectivity index (χ0n) is 9.58. The molecule has 2 aromatic heterocycles. The van der Waals surface area contributed by atoms with Gasteiger partial charge in [0.15, 0.2) is 0 Å². The van der Waals surface area contributed by atoms with Crippen molar-refractivity contribution in [3.63, 3.8) is 0 Å². The zero-order chi connectivity index (χ0) is 13.1. The molecule has 0 aliphatic heterocycles. The number of carbonyl (C=O) groups is 1. The number of fused-ring (bicyclic) bond motifs is 1. The lowest BCUT2D eigenvalue weighted by Gasteiger charge is -2.07. The molecule has 1 N–H and O–H groups in total. The van der Waals surface area contributed by atoms with Gasteiger partial charge in [-0.15, -0.1) is 0 Å². The monoisotopic (exact) mass is 239 g/mol. The van der Waals surface area contributed by atoms with Gasteiger partial charge in [0.05, 0.1) is 23.3 Å². The summed E-state index contributed by atoms with van der Waals surface area (Å²) in [6.45, 7) is 1.83. The SMILES string of the molecule is Cc1cc(C#N)cn2ncc(C(C#N)NC=O)c12. The normalized spacial score (nSPS) is 11.5. The molecule has 18 heavy (non-hydrogen) atoms. The zero-order valence-corrected chi connectivity index (χ0v) is 9.58. The van der Waals surface area contributed by atoms with E-state index in [1.807, 2.05) is 19.1 Å². The van der Waals surface area contributed by atoms with Gasteiger partial charge in [-0.05, 0) is 18.6 Å². The van der Waals surface area contributed by atoms with Crippen molar-refractivity contribution in [1.82, 2.24) is 14.9 Å². The van der Waals surface area contributed by atoms with Gasteiger partial charge >= 0.3 is 0 Å². The van der Waals surface area contributed by atoms with Gasteiger partial charge in [0.2, 0.25) is 6.41 Å².